The Balaban J connectivity index is 2.12. The Bertz CT molecular complexity index is 517. The van der Waals surface area contributed by atoms with E-state index in [0.717, 1.165) is 30.6 Å². The van der Waals surface area contributed by atoms with Gasteiger partial charge in [-0.3, -0.25) is 0 Å². The van der Waals surface area contributed by atoms with Crippen LogP contribution in [0, 0.1) is 18.8 Å². The molecule has 0 heterocycles. The van der Waals surface area contributed by atoms with Crippen molar-refractivity contribution >= 4 is 10.8 Å². The fourth-order valence-corrected chi connectivity index (χ4v) is 2.90. The van der Waals surface area contributed by atoms with E-state index >= 15 is 0 Å². The number of allylic oxidation sites excluding steroid dienone is 1. The third-order valence-electron chi connectivity index (χ3n) is 3.43. The maximum Gasteiger partial charge on any atom is 0.0772 e. The molecule has 22 heavy (non-hydrogen) atoms. The molecular formula is C20H28OS. The van der Waals surface area contributed by atoms with E-state index in [2.05, 4.69) is 18.8 Å². The highest BCUT2D eigenvalue weighted by atomic mass is 32.2. The first-order chi connectivity index (χ1) is 10.7. The molecule has 0 aliphatic carbocycles. The molecule has 0 aliphatic rings. The molecule has 0 saturated heterocycles. The van der Waals surface area contributed by atoms with Gasteiger partial charge in [0.2, 0.25) is 0 Å². The van der Waals surface area contributed by atoms with Crippen molar-refractivity contribution in [1.29, 1.82) is 0 Å². The van der Waals surface area contributed by atoms with Gasteiger partial charge in [0.25, 0.3) is 0 Å². The van der Waals surface area contributed by atoms with E-state index in [9.17, 15) is 4.21 Å². The molecule has 0 bridgehead atoms. The van der Waals surface area contributed by atoms with E-state index in [0.29, 0.717) is 0 Å². The molecule has 0 N–H and O–H groups in total. The van der Waals surface area contributed by atoms with Crippen molar-refractivity contribution in [3.05, 3.63) is 41.3 Å². The summed E-state index contributed by atoms with van der Waals surface area (Å²) >= 11 is 0. The van der Waals surface area contributed by atoms with Crippen molar-refractivity contribution in [2.45, 2.75) is 70.1 Å². The Morgan fingerprint density at radius 2 is 1.68 bits per heavy atom. The monoisotopic (exact) mass is 316 g/mol. The van der Waals surface area contributed by atoms with Crippen LogP contribution in [-0.2, 0) is 10.8 Å². The van der Waals surface area contributed by atoms with Crippen LogP contribution in [0.3, 0.4) is 0 Å². The third-order valence-corrected chi connectivity index (χ3v) is 4.60. The second kappa shape index (κ2) is 12.2. The van der Waals surface area contributed by atoms with Crippen LogP contribution in [0.2, 0.25) is 0 Å². The zero-order valence-electron chi connectivity index (χ0n) is 13.9. The van der Waals surface area contributed by atoms with Gasteiger partial charge in [-0.2, -0.15) is 0 Å². The maximum atomic E-state index is 12.0. The number of rotatable bonds is 9. The predicted octanol–water partition coefficient (Wildman–Crippen LogP) is 5.76. The molecular weight excluding hydrogens is 288 g/mol. The molecule has 1 aromatic carbocycles. The fraction of sp³-hybridized carbons (Fsp3) is 0.500. The van der Waals surface area contributed by atoms with Crippen LogP contribution in [0.4, 0.5) is 0 Å². The Morgan fingerprint density at radius 1 is 1.00 bits per heavy atom. The van der Waals surface area contributed by atoms with Gasteiger partial charge in [0.1, 0.15) is 0 Å². The molecule has 1 nitrogen and oxygen atoms in total. The second-order valence-corrected chi connectivity index (χ2v) is 6.88. The number of aryl methyl sites for hydroxylation is 1. The summed E-state index contributed by atoms with van der Waals surface area (Å²) in [6, 6.07) is 7.86. The molecule has 1 atom stereocenters. The molecule has 0 radical (unpaired) electrons. The van der Waals surface area contributed by atoms with E-state index in [1.165, 1.54) is 31.2 Å². The Kier molecular flexibility index (Phi) is 10.4. The summed E-state index contributed by atoms with van der Waals surface area (Å²) < 4.78 is 12.0. The maximum absolute atomic E-state index is 12.0. The predicted molar refractivity (Wildman–Crippen MR) is 97.1 cm³/mol. The molecule has 0 amide bonds. The van der Waals surface area contributed by atoms with Gasteiger partial charge in [0, 0.05) is 23.1 Å². The van der Waals surface area contributed by atoms with Crippen LogP contribution in [0.25, 0.3) is 0 Å². The Labute approximate surface area is 138 Å². The molecule has 2 heteroatoms. The van der Waals surface area contributed by atoms with Crippen molar-refractivity contribution in [3.8, 4) is 11.8 Å². The zero-order valence-corrected chi connectivity index (χ0v) is 14.8. The highest BCUT2D eigenvalue weighted by Crippen LogP contribution is 2.10. The minimum Gasteiger partial charge on any atom is -0.250 e. The van der Waals surface area contributed by atoms with Gasteiger partial charge in [-0.15, -0.1) is 11.8 Å². The van der Waals surface area contributed by atoms with Crippen LogP contribution in [-0.4, -0.2) is 4.21 Å². The first-order valence-electron chi connectivity index (χ1n) is 8.33. The summed E-state index contributed by atoms with van der Waals surface area (Å²) in [4.78, 5) is 0.869. The van der Waals surface area contributed by atoms with Gasteiger partial charge in [-0.1, -0.05) is 50.0 Å². The van der Waals surface area contributed by atoms with Crippen LogP contribution < -0.4 is 0 Å². The number of hydrogen-bond donors (Lipinski definition) is 0. The Hall–Kier alpha value is -1.33. The summed E-state index contributed by atoms with van der Waals surface area (Å²) in [6.07, 6.45) is 11.1. The fourth-order valence-electron chi connectivity index (χ4n) is 2.03. The summed E-state index contributed by atoms with van der Waals surface area (Å²) in [5.41, 5.74) is 1.19. The summed E-state index contributed by atoms with van der Waals surface area (Å²) in [5.74, 6) is 6.47. The van der Waals surface area contributed by atoms with Gasteiger partial charge in [0.05, 0.1) is 10.8 Å². The van der Waals surface area contributed by atoms with Crippen LogP contribution >= 0.6 is 0 Å². The molecule has 0 saturated carbocycles. The molecule has 120 valence electrons. The van der Waals surface area contributed by atoms with Gasteiger partial charge in [-0.25, -0.2) is 4.21 Å². The van der Waals surface area contributed by atoms with Crippen molar-refractivity contribution < 1.29 is 4.21 Å². The number of unbranched alkanes of at least 4 members (excludes halogenated alkanes) is 6. The highest BCUT2D eigenvalue weighted by Gasteiger charge is 1.97. The summed E-state index contributed by atoms with van der Waals surface area (Å²) in [5, 5.41) is 1.79. The summed E-state index contributed by atoms with van der Waals surface area (Å²) in [6.45, 7) is 4.26. The van der Waals surface area contributed by atoms with E-state index in [-0.39, 0.29) is 0 Å². The lowest BCUT2D eigenvalue weighted by Crippen LogP contribution is -1.86. The standard InChI is InChI=1S/C20H28OS/c1-3-4-5-6-7-8-9-10-11-12-13-18-22(21)20-16-14-19(2)15-17-20/h13-18H,3-7,10-12H2,1-2H3/b18-13-. The van der Waals surface area contributed by atoms with Crippen LogP contribution in [0.15, 0.2) is 40.6 Å². The first kappa shape index (κ1) is 18.7. The lowest BCUT2D eigenvalue weighted by molar-refractivity contribution is 0.679. The number of benzene rings is 1. The average molecular weight is 317 g/mol. The quantitative estimate of drug-likeness (QED) is 0.418. The topological polar surface area (TPSA) is 17.1 Å². The summed E-state index contributed by atoms with van der Waals surface area (Å²) in [7, 11) is -1.02. The van der Waals surface area contributed by atoms with Crippen LogP contribution in [0.5, 0.6) is 0 Å². The normalized spacial score (nSPS) is 12.1. The van der Waals surface area contributed by atoms with E-state index in [1.54, 1.807) is 5.41 Å². The zero-order chi connectivity index (χ0) is 16.0. The largest absolute Gasteiger partial charge is 0.250 e. The molecule has 0 spiro atoms. The minimum absolute atomic E-state index is 0.869. The number of hydrogen-bond acceptors (Lipinski definition) is 1. The first-order valence-corrected chi connectivity index (χ1v) is 9.55. The SMILES string of the molecule is CCCCCCC#CCCC/C=C\S(=O)c1ccc(C)cc1. The molecule has 1 aromatic rings. The lowest BCUT2D eigenvalue weighted by atomic mass is 10.1. The average Bonchev–Trinajstić information content (AvgIpc) is 2.53. The molecule has 0 aliphatic heterocycles. The third kappa shape index (κ3) is 8.85. The van der Waals surface area contributed by atoms with Crippen molar-refractivity contribution in [2.75, 3.05) is 0 Å². The van der Waals surface area contributed by atoms with Crippen LogP contribution in [0.1, 0.15) is 63.9 Å². The van der Waals surface area contributed by atoms with Crippen molar-refractivity contribution in [1.82, 2.24) is 0 Å². The van der Waals surface area contributed by atoms with Gasteiger partial charge in [0.15, 0.2) is 0 Å². The molecule has 0 fully saturated rings. The van der Waals surface area contributed by atoms with E-state index in [4.69, 9.17) is 0 Å². The van der Waals surface area contributed by atoms with Gasteiger partial charge >= 0.3 is 0 Å². The lowest BCUT2D eigenvalue weighted by Gasteiger charge is -1.97. The van der Waals surface area contributed by atoms with Gasteiger partial charge < -0.3 is 0 Å². The smallest absolute Gasteiger partial charge is 0.0772 e. The Morgan fingerprint density at radius 3 is 2.36 bits per heavy atom. The molecule has 1 unspecified atom stereocenters. The van der Waals surface area contributed by atoms with E-state index < -0.39 is 10.8 Å². The van der Waals surface area contributed by atoms with Crippen molar-refractivity contribution in [3.63, 3.8) is 0 Å². The molecule has 0 aromatic heterocycles. The van der Waals surface area contributed by atoms with Gasteiger partial charge in [-0.05, 0) is 38.3 Å². The second-order valence-electron chi connectivity index (χ2n) is 5.54. The van der Waals surface area contributed by atoms with E-state index in [1.807, 2.05) is 37.3 Å². The minimum atomic E-state index is -1.02. The van der Waals surface area contributed by atoms with Crippen molar-refractivity contribution in [2.24, 2.45) is 0 Å². The highest BCUT2D eigenvalue weighted by molar-refractivity contribution is 7.88. The molecule has 1 rings (SSSR count).